The lowest BCUT2D eigenvalue weighted by Gasteiger charge is -2.23. The lowest BCUT2D eigenvalue weighted by molar-refractivity contribution is -0.137. The zero-order valence-corrected chi connectivity index (χ0v) is 17.4. The van der Waals surface area contributed by atoms with E-state index in [4.69, 9.17) is 10.00 Å². The second-order valence-corrected chi connectivity index (χ2v) is 7.18. The van der Waals surface area contributed by atoms with Crippen molar-refractivity contribution >= 4 is 28.9 Å². The van der Waals surface area contributed by atoms with Gasteiger partial charge in [-0.2, -0.15) is 18.4 Å². The molecular weight excluding hydrogens is 425 g/mol. The van der Waals surface area contributed by atoms with Gasteiger partial charge in [0, 0.05) is 23.5 Å². The van der Waals surface area contributed by atoms with Crippen molar-refractivity contribution in [1.29, 1.82) is 5.26 Å². The monoisotopic (exact) mass is 446 g/mol. The summed E-state index contributed by atoms with van der Waals surface area (Å²) in [4.78, 5) is 25.6. The predicted molar refractivity (Wildman–Crippen MR) is 112 cm³/mol. The smallest absolute Gasteiger partial charge is 0.344 e. The zero-order valence-electron chi connectivity index (χ0n) is 17.4. The van der Waals surface area contributed by atoms with Crippen LogP contribution in [0.3, 0.4) is 0 Å². The number of nitriles is 1. The summed E-state index contributed by atoms with van der Waals surface area (Å²) in [5, 5.41) is 14.4. The van der Waals surface area contributed by atoms with Crippen LogP contribution in [0, 0.1) is 11.3 Å². The maximum atomic E-state index is 13.3. The first-order chi connectivity index (χ1) is 15.1. The highest BCUT2D eigenvalue weighted by molar-refractivity contribution is 5.95. The van der Waals surface area contributed by atoms with Crippen molar-refractivity contribution in [3.8, 4) is 6.07 Å². The molecule has 10 heteroatoms. The highest BCUT2D eigenvalue weighted by Crippen LogP contribution is 2.36. The third-order valence-electron chi connectivity index (χ3n) is 4.97. The third-order valence-corrected chi connectivity index (χ3v) is 4.97. The number of benzene rings is 2. The molecule has 2 amide bonds. The molecular formula is C22H21F3N4O3. The number of anilines is 3. The Bertz CT molecular complexity index is 1050. The number of ether oxygens (including phenoxy) is 1. The zero-order chi connectivity index (χ0) is 23.5. The minimum atomic E-state index is -4.68. The number of rotatable bonds is 5. The van der Waals surface area contributed by atoms with E-state index >= 15 is 0 Å². The topological polar surface area (TPSA) is 94.5 Å². The lowest BCUT2D eigenvalue weighted by atomic mass is 10.1. The molecule has 0 aliphatic carbocycles. The second-order valence-electron chi connectivity index (χ2n) is 7.18. The van der Waals surface area contributed by atoms with E-state index in [0.29, 0.717) is 17.8 Å². The van der Waals surface area contributed by atoms with Gasteiger partial charge >= 0.3 is 6.18 Å². The molecule has 0 radical (unpaired) electrons. The molecule has 2 atom stereocenters. The van der Waals surface area contributed by atoms with Gasteiger partial charge < -0.3 is 20.3 Å². The molecule has 0 spiro atoms. The number of hydrogen-bond donors (Lipinski definition) is 2. The van der Waals surface area contributed by atoms with Crippen LogP contribution in [-0.2, 0) is 20.5 Å². The predicted octanol–water partition coefficient (Wildman–Crippen LogP) is 4.12. The largest absolute Gasteiger partial charge is 0.417 e. The first-order valence-corrected chi connectivity index (χ1v) is 9.86. The minimum absolute atomic E-state index is 0.0425. The number of hydrogen-bond acceptors (Lipinski definition) is 5. The summed E-state index contributed by atoms with van der Waals surface area (Å²) in [6.45, 7) is 3.41. The molecule has 1 aliphatic rings. The fourth-order valence-corrected chi connectivity index (χ4v) is 3.29. The van der Waals surface area contributed by atoms with Crippen LogP contribution in [0.4, 0.5) is 30.2 Å². The number of amides is 2. The van der Waals surface area contributed by atoms with Crippen LogP contribution < -0.4 is 15.5 Å². The summed E-state index contributed by atoms with van der Waals surface area (Å²) in [5.41, 5.74) is -0.227. The Balaban J connectivity index is 1.69. The molecule has 0 unspecified atom stereocenters. The Morgan fingerprint density at radius 3 is 2.34 bits per heavy atom. The van der Waals surface area contributed by atoms with Crippen molar-refractivity contribution in [1.82, 2.24) is 0 Å². The Kier molecular flexibility index (Phi) is 6.69. The average Bonchev–Trinajstić information content (AvgIpc) is 3.15. The van der Waals surface area contributed by atoms with Crippen molar-refractivity contribution < 1.29 is 27.5 Å². The van der Waals surface area contributed by atoms with Crippen LogP contribution in [0.1, 0.15) is 31.4 Å². The average molecular weight is 446 g/mol. The van der Waals surface area contributed by atoms with E-state index < -0.39 is 35.5 Å². The quantitative estimate of drug-likeness (QED) is 0.721. The molecule has 1 fully saturated rings. The fraction of sp³-hybridized carbons (Fsp3) is 0.318. The van der Waals surface area contributed by atoms with Gasteiger partial charge in [0.15, 0.2) is 6.10 Å². The summed E-state index contributed by atoms with van der Waals surface area (Å²) in [5.74, 6) is -0.582. The first-order valence-electron chi connectivity index (χ1n) is 9.86. The number of carbonyl (C=O) groups is 2. The summed E-state index contributed by atoms with van der Waals surface area (Å²) < 4.78 is 45.5. The van der Waals surface area contributed by atoms with Crippen LogP contribution in [0.15, 0.2) is 42.5 Å². The van der Waals surface area contributed by atoms with Gasteiger partial charge in [-0.3, -0.25) is 9.59 Å². The SMILES string of the molecule is CCC(=O)Nc1ccc(NC(=O)[C@@H]2CN(c3ccc(C#N)c(C(F)(F)F)c3)[C@@H](C)O2)cc1. The van der Waals surface area contributed by atoms with E-state index in [1.54, 1.807) is 44.2 Å². The maximum absolute atomic E-state index is 13.3. The van der Waals surface area contributed by atoms with Gasteiger partial charge in [-0.25, -0.2) is 0 Å². The van der Waals surface area contributed by atoms with Gasteiger partial charge in [-0.15, -0.1) is 0 Å². The van der Waals surface area contributed by atoms with E-state index in [0.717, 1.165) is 12.1 Å². The van der Waals surface area contributed by atoms with Crippen molar-refractivity contribution in [3.05, 3.63) is 53.6 Å². The minimum Gasteiger partial charge on any atom is -0.344 e. The van der Waals surface area contributed by atoms with Gasteiger partial charge in [0.2, 0.25) is 5.91 Å². The van der Waals surface area contributed by atoms with Crippen LogP contribution in [-0.4, -0.2) is 30.7 Å². The molecule has 0 bridgehead atoms. The van der Waals surface area contributed by atoms with Crippen LogP contribution in [0.5, 0.6) is 0 Å². The maximum Gasteiger partial charge on any atom is 0.417 e. The van der Waals surface area contributed by atoms with Crippen LogP contribution >= 0.6 is 0 Å². The summed E-state index contributed by atoms with van der Waals surface area (Å²) in [7, 11) is 0. The van der Waals surface area contributed by atoms with E-state index in [2.05, 4.69) is 10.6 Å². The number of halogens is 3. The standard InChI is InChI=1S/C22H21F3N4O3/c1-3-20(30)27-15-5-7-16(8-6-15)28-21(31)19-12-29(13(2)32-19)17-9-4-14(11-26)18(10-17)22(23,24)25/h4-10,13,19H,3,12H2,1-2H3,(H,27,30)(H,28,31)/t13-,19+/m1/s1. The molecule has 0 saturated carbocycles. The lowest BCUT2D eigenvalue weighted by Crippen LogP contribution is -2.32. The number of alkyl halides is 3. The van der Waals surface area contributed by atoms with Crippen LogP contribution in [0.2, 0.25) is 0 Å². The highest BCUT2D eigenvalue weighted by atomic mass is 19.4. The van der Waals surface area contributed by atoms with Gasteiger partial charge in [0.1, 0.15) is 6.23 Å². The fourth-order valence-electron chi connectivity index (χ4n) is 3.29. The van der Waals surface area contributed by atoms with Gasteiger partial charge in [-0.1, -0.05) is 6.92 Å². The molecule has 168 valence electrons. The Morgan fingerprint density at radius 2 is 1.78 bits per heavy atom. The van der Waals surface area contributed by atoms with Gasteiger partial charge in [-0.05, 0) is 49.4 Å². The van der Waals surface area contributed by atoms with Crippen molar-refractivity contribution in [3.63, 3.8) is 0 Å². The highest BCUT2D eigenvalue weighted by Gasteiger charge is 2.38. The third kappa shape index (κ3) is 5.18. The van der Waals surface area contributed by atoms with E-state index in [1.165, 1.54) is 11.0 Å². The van der Waals surface area contributed by atoms with Gasteiger partial charge in [0.25, 0.3) is 5.91 Å². The summed E-state index contributed by atoms with van der Waals surface area (Å²) in [6.07, 6.45) is -5.89. The first kappa shape index (κ1) is 23.1. The molecule has 1 aliphatic heterocycles. The number of nitrogens with zero attached hydrogens (tertiary/aromatic N) is 2. The van der Waals surface area contributed by atoms with Crippen molar-refractivity contribution in [2.75, 3.05) is 22.1 Å². The molecule has 32 heavy (non-hydrogen) atoms. The summed E-state index contributed by atoms with van der Waals surface area (Å²) >= 11 is 0. The van der Waals surface area contributed by atoms with Crippen molar-refractivity contribution in [2.24, 2.45) is 0 Å². The molecule has 0 aromatic heterocycles. The molecule has 2 aromatic carbocycles. The van der Waals surface area contributed by atoms with Crippen molar-refractivity contribution in [2.45, 2.75) is 38.8 Å². The Labute approximate surface area is 182 Å². The van der Waals surface area contributed by atoms with E-state index in [-0.39, 0.29) is 18.1 Å². The van der Waals surface area contributed by atoms with Crippen LogP contribution in [0.25, 0.3) is 0 Å². The molecule has 1 saturated heterocycles. The second kappa shape index (κ2) is 9.28. The number of carbonyl (C=O) groups excluding carboxylic acids is 2. The normalized spacial score (nSPS) is 18.2. The molecule has 3 rings (SSSR count). The molecule has 7 nitrogen and oxygen atoms in total. The number of nitrogens with one attached hydrogen (secondary N) is 2. The van der Waals surface area contributed by atoms with E-state index in [1.807, 2.05) is 0 Å². The molecule has 2 aromatic rings. The van der Waals surface area contributed by atoms with E-state index in [9.17, 15) is 22.8 Å². The Morgan fingerprint density at radius 1 is 1.16 bits per heavy atom. The Hall–Kier alpha value is -3.58. The molecule has 2 N–H and O–H groups in total. The molecule has 1 heterocycles. The summed E-state index contributed by atoms with van der Waals surface area (Å²) in [6, 6.07) is 11.5. The van der Waals surface area contributed by atoms with Gasteiger partial charge in [0.05, 0.1) is 23.7 Å².